The molecule has 0 saturated heterocycles. The summed E-state index contributed by atoms with van der Waals surface area (Å²) in [5.41, 5.74) is 1.06. The maximum atomic E-state index is 12.9. The minimum atomic E-state index is -0.217. The second kappa shape index (κ2) is 6.33. The molecule has 3 aromatic heterocycles. The Hall–Kier alpha value is -2.09. The van der Waals surface area contributed by atoms with Crippen LogP contribution in [0, 0.1) is 0 Å². The molecule has 0 unspecified atom stereocenters. The Labute approximate surface area is 156 Å². The Balaban J connectivity index is 1.94. The molecule has 0 bridgehead atoms. The highest BCUT2D eigenvalue weighted by atomic mass is 35.5. The third kappa shape index (κ3) is 2.78. The van der Waals surface area contributed by atoms with Crippen LogP contribution >= 0.6 is 35.0 Å². The largest absolute Gasteiger partial charge is 0.284 e. The van der Waals surface area contributed by atoms with Crippen molar-refractivity contribution in [2.45, 2.75) is 12.1 Å². The van der Waals surface area contributed by atoms with Gasteiger partial charge >= 0.3 is 0 Å². The van der Waals surface area contributed by atoms with Crippen molar-refractivity contribution in [3.63, 3.8) is 0 Å². The minimum Gasteiger partial charge on any atom is -0.284 e. The van der Waals surface area contributed by atoms with Gasteiger partial charge in [0.15, 0.2) is 0 Å². The number of nitrogens with zero attached hydrogens (tertiary/aromatic N) is 5. The molecule has 0 N–H and O–H groups in total. The molecular formula is C16H11Cl2N5OS. The highest BCUT2D eigenvalue weighted by Crippen LogP contribution is 2.24. The Morgan fingerprint density at radius 3 is 2.80 bits per heavy atom. The van der Waals surface area contributed by atoms with Crippen molar-refractivity contribution in [2.75, 3.05) is 5.75 Å². The number of aromatic nitrogens is 5. The van der Waals surface area contributed by atoms with Gasteiger partial charge in [-0.05, 0) is 30.0 Å². The standard InChI is InChI=1S/C16H11Cl2N5OS/c1-2-25-16-20-15-19-8-10-13(23(15)21-16)5-6-22(14(10)24)9-3-4-11(17)12(18)7-9/h3-8H,2H2,1H3. The van der Waals surface area contributed by atoms with Gasteiger partial charge in [-0.2, -0.15) is 9.50 Å². The molecule has 0 fully saturated rings. The first-order valence-electron chi connectivity index (χ1n) is 7.44. The average molecular weight is 392 g/mol. The molecule has 4 aromatic rings. The molecule has 3 heterocycles. The smallest absolute Gasteiger partial charge is 0.266 e. The Morgan fingerprint density at radius 2 is 2.04 bits per heavy atom. The summed E-state index contributed by atoms with van der Waals surface area (Å²) >= 11 is 13.5. The summed E-state index contributed by atoms with van der Waals surface area (Å²) in [4.78, 5) is 21.5. The first-order valence-corrected chi connectivity index (χ1v) is 9.18. The lowest BCUT2D eigenvalue weighted by molar-refractivity contribution is 0.903. The van der Waals surface area contributed by atoms with Gasteiger partial charge in [-0.1, -0.05) is 41.9 Å². The first-order chi connectivity index (χ1) is 12.1. The van der Waals surface area contributed by atoms with Gasteiger partial charge in [-0.3, -0.25) is 9.36 Å². The van der Waals surface area contributed by atoms with Crippen LogP contribution in [0.4, 0.5) is 0 Å². The van der Waals surface area contributed by atoms with Crippen LogP contribution in [0.25, 0.3) is 22.4 Å². The summed E-state index contributed by atoms with van der Waals surface area (Å²) in [6.07, 6.45) is 3.20. The van der Waals surface area contributed by atoms with Gasteiger partial charge in [0, 0.05) is 12.4 Å². The van der Waals surface area contributed by atoms with Crippen molar-refractivity contribution in [1.82, 2.24) is 24.1 Å². The lowest BCUT2D eigenvalue weighted by atomic mass is 10.2. The normalized spacial score (nSPS) is 11.5. The summed E-state index contributed by atoms with van der Waals surface area (Å²) < 4.78 is 3.09. The van der Waals surface area contributed by atoms with Gasteiger partial charge in [0.1, 0.15) is 0 Å². The molecule has 1 aromatic carbocycles. The summed E-state index contributed by atoms with van der Waals surface area (Å²) in [5, 5.41) is 6.32. The fraction of sp³-hybridized carbons (Fsp3) is 0.125. The number of halogens is 2. The molecule has 0 spiro atoms. The lowest BCUT2D eigenvalue weighted by Crippen LogP contribution is -2.18. The van der Waals surface area contributed by atoms with Crippen molar-refractivity contribution in [1.29, 1.82) is 0 Å². The number of hydrogen-bond donors (Lipinski definition) is 0. The van der Waals surface area contributed by atoms with Gasteiger partial charge in [-0.15, -0.1) is 5.10 Å². The summed E-state index contributed by atoms with van der Waals surface area (Å²) in [7, 11) is 0. The monoisotopic (exact) mass is 391 g/mol. The van der Waals surface area contributed by atoms with Crippen molar-refractivity contribution in [3.8, 4) is 5.69 Å². The quantitative estimate of drug-likeness (QED) is 0.496. The van der Waals surface area contributed by atoms with Crippen LogP contribution in [-0.4, -0.2) is 29.9 Å². The molecule has 126 valence electrons. The Kier molecular flexibility index (Phi) is 4.15. The van der Waals surface area contributed by atoms with E-state index in [1.807, 2.05) is 13.0 Å². The van der Waals surface area contributed by atoms with Gasteiger partial charge < -0.3 is 0 Å². The van der Waals surface area contributed by atoms with E-state index in [0.717, 1.165) is 5.75 Å². The molecule has 0 atom stereocenters. The van der Waals surface area contributed by atoms with Crippen LogP contribution in [-0.2, 0) is 0 Å². The summed E-state index contributed by atoms with van der Waals surface area (Å²) in [6.45, 7) is 2.03. The fourth-order valence-corrected chi connectivity index (χ4v) is 3.37. The number of thioether (sulfide) groups is 1. The molecule has 4 rings (SSSR count). The minimum absolute atomic E-state index is 0.217. The number of hydrogen-bond acceptors (Lipinski definition) is 5. The van der Waals surface area contributed by atoms with E-state index < -0.39 is 0 Å². The van der Waals surface area contributed by atoms with Crippen molar-refractivity contribution >= 4 is 51.6 Å². The molecule has 0 radical (unpaired) electrons. The van der Waals surface area contributed by atoms with Gasteiger partial charge in [0.2, 0.25) is 5.16 Å². The van der Waals surface area contributed by atoms with Crippen LogP contribution in [0.15, 0.2) is 46.6 Å². The third-order valence-electron chi connectivity index (χ3n) is 3.67. The van der Waals surface area contributed by atoms with Crippen molar-refractivity contribution in [3.05, 3.63) is 57.1 Å². The van der Waals surface area contributed by atoms with E-state index in [2.05, 4.69) is 15.1 Å². The third-order valence-corrected chi connectivity index (χ3v) is 5.13. The molecule has 0 aliphatic rings. The molecule has 0 aliphatic carbocycles. The zero-order chi connectivity index (χ0) is 17.6. The maximum Gasteiger partial charge on any atom is 0.266 e. The van der Waals surface area contributed by atoms with Crippen LogP contribution in [0.3, 0.4) is 0 Å². The molecular weight excluding hydrogens is 381 g/mol. The first kappa shape index (κ1) is 16.4. The van der Waals surface area contributed by atoms with Gasteiger partial charge in [0.25, 0.3) is 11.3 Å². The maximum absolute atomic E-state index is 12.9. The van der Waals surface area contributed by atoms with Crippen LogP contribution in [0.5, 0.6) is 0 Å². The fourth-order valence-electron chi connectivity index (χ4n) is 2.53. The van der Waals surface area contributed by atoms with Gasteiger partial charge in [-0.25, -0.2) is 4.98 Å². The highest BCUT2D eigenvalue weighted by molar-refractivity contribution is 7.99. The molecule has 0 amide bonds. The second-order valence-corrected chi connectivity index (χ2v) is 7.23. The second-order valence-electron chi connectivity index (χ2n) is 5.19. The molecule has 6 nitrogen and oxygen atoms in total. The van der Waals surface area contributed by atoms with E-state index in [1.165, 1.54) is 22.5 Å². The van der Waals surface area contributed by atoms with E-state index in [-0.39, 0.29) is 5.56 Å². The summed E-state index contributed by atoms with van der Waals surface area (Å²) in [6, 6.07) is 6.85. The Morgan fingerprint density at radius 1 is 1.20 bits per heavy atom. The van der Waals surface area contributed by atoms with Crippen molar-refractivity contribution < 1.29 is 0 Å². The number of rotatable bonds is 3. The molecule has 9 heteroatoms. The SMILES string of the molecule is CCSc1nc2ncc3c(=O)n(-c4ccc(Cl)c(Cl)c4)ccc3n2n1. The summed E-state index contributed by atoms with van der Waals surface area (Å²) in [5.74, 6) is 1.33. The number of fused-ring (bicyclic) bond motifs is 3. The average Bonchev–Trinajstić information content (AvgIpc) is 3.01. The van der Waals surface area contributed by atoms with Crippen molar-refractivity contribution in [2.24, 2.45) is 0 Å². The zero-order valence-electron chi connectivity index (χ0n) is 13.0. The van der Waals surface area contributed by atoms with Crippen LogP contribution in [0.2, 0.25) is 10.0 Å². The molecule has 0 aliphatic heterocycles. The van der Waals surface area contributed by atoms with E-state index in [9.17, 15) is 4.79 Å². The van der Waals surface area contributed by atoms with E-state index in [4.69, 9.17) is 23.2 Å². The van der Waals surface area contributed by atoms with E-state index in [1.54, 1.807) is 28.9 Å². The van der Waals surface area contributed by atoms with E-state index >= 15 is 0 Å². The highest BCUT2D eigenvalue weighted by Gasteiger charge is 2.12. The molecule has 0 saturated carbocycles. The number of pyridine rings is 1. The Bertz CT molecular complexity index is 1170. The number of benzene rings is 1. The predicted octanol–water partition coefficient (Wildman–Crippen LogP) is 3.85. The lowest BCUT2D eigenvalue weighted by Gasteiger charge is -2.08. The topological polar surface area (TPSA) is 65.1 Å². The van der Waals surface area contributed by atoms with Crippen LogP contribution < -0.4 is 5.56 Å². The molecule has 25 heavy (non-hydrogen) atoms. The van der Waals surface area contributed by atoms with E-state index in [0.29, 0.717) is 37.6 Å². The van der Waals surface area contributed by atoms with Gasteiger partial charge in [0.05, 0.1) is 26.6 Å². The predicted molar refractivity (Wildman–Crippen MR) is 100 cm³/mol. The zero-order valence-corrected chi connectivity index (χ0v) is 15.3. The van der Waals surface area contributed by atoms with Crippen LogP contribution in [0.1, 0.15) is 6.92 Å².